The van der Waals surface area contributed by atoms with Gasteiger partial charge in [0.05, 0.1) is 12.6 Å². The first-order valence-electron chi connectivity index (χ1n) is 7.25. The molecule has 0 saturated heterocycles. The lowest BCUT2D eigenvalue weighted by Crippen LogP contribution is -2.44. The van der Waals surface area contributed by atoms with Gasteiger partial charge >= 0.3 is 0 Å². The van der Waals surface area contributed by atoms with Gasteiger partial charge in [-0.1, -0.05) is 6.92 Å². The Hall–Kier alpha value is -1.17. The summed E-state index contributed by atoms with van der Waals surface area (Å²) >= 11 is 1.87. The normalized spacial score (nSPS) is 18.8. The standard InChI is InChI=1S/C15H22N4S/c1-3-12(16)15(13-5-4-11(2)20-13)19-9-8-18-7-6-17-14(18)10-19/h4-7,12,15H,3,8-10,16H2,1-2H3. The summed E-state index contributed by atoms with van der Waals surface area (Å²) in [5.74, 6) is 1.15. The Labute approximate surface area is 124 Å². The van der Waals surface area contributed by atoms with Crippen LogP contribution in [0, 0.1) is 6.92 Å². The van der Waals surface area contributed by atoms with E-state index in [0.717, 1.165) is 31.9 Å². The molecule has 0 aliphatic carbocycles. The second kappa shape index (κ2) is 5.68. The van der Waals surface area contributed by atoms with Crippen molar-refractivity contribution in [1.29, 1.82) is 0 Å². The number of hydrogen-bond acceptors (Lipinski definition) is 4. The minimum Gasteiger partial charge on any atom is -0.333 e. The zero-order chi connectivity index (χ0) is 14.1. The van der Waals surface area contributed by atoms with Gasteiger partial charge in [0.2, 0.25) is 0 Å². The number of hydrogen-bond donors (Lipinski definition) is 1. The molecule has 0 fully saturated rings. The lowest BCUT2D eigenvalue weighted by molar-refractivity contribution is 0.132. The van der Waals surface area contributed by atoms with Crippen molar-refractivity contribution in [2.45, 2.75) is 45.4 Å². The summed E-state index contributed by atoms with van der Waals surface area (Å²) in [7, 11) is 0. The Morgan fingerprint density at radius 2 is 2.25 bits per heavy atom. The Morgan fingerprint density at radius 3 is 2.95 bits per heavy atom. The van der Waals surface area contributed by atoms with Crippen LogP contribution in [0.5, 0.6) is 0 Å². The average molecular weight is 290 g/mol. The molecule has 0 radical (unpaired) electrons. The number of nitrogens with zero attached hydrogens (tertiary/aromatic N) is 3. The SMILES string of the molecule is CCC(N)C(c1ccc(C)s1)N1CCn2ccnc2C1. The summed E-state index contributed by atoms with van der Waals surface area (Å²) in [5, 5.41) is 0. The second-order valence-electron chi connectivity index (χ2n) is 5.47. The zero-order valence-corrected chi connectivity index (χ0v) is 12.9. The molecule has 1 aliphatic rings. The van der Waals surface area contributed by atoms with Crippen molar-refractivity contribution in [3.63, 3.8) is 0 Å². The summed E-state index contributed by atoms with van der Waals surface area (Å²) < 4.78 is 2.24. The molecule has 108 valence electrons. The van der Waals surface area contributed by atoms with Gasteiger partial charge in [-0.3, -0.25) is 4.90 Å². The monoisotopic (exact) mass is 290 g/mol. The van der Waals surface area contributed by atoms with Gasteiger partial charge in [-0.25, -0.2) is 4.98 Å². The van der Waals surface area contributed by atoms with Gasteiger partial charge < -0.3 is 10.3 Å². The molecular weight excluding hydrogens is 268 g/mol. The molecule has 3 rings (SSSR count). The van der Waals surface area contributed by atoms with E-state index >= 15 is 0 Å². The predicted octanol–water partition coefficient (Wildman–Crippen LogP) is 2.55. The van der Waals surface area contributed by atoms with E-state index in [2.05, 4.69) is 46.6 Å². The maximum absolute atomic E-state index is 6.42. The van der Waals surface area contributed by atoms with Gasteiger partial charge in [0.25, 0.3) is 0 Å². The summed E-state index contributed by atoms with van der Waals surface area (Å²) in [6, 6.07) is 4.92. The molecule has 0 spiro atoms. The summed E-state index contributed by atoms with van der Waals surface area (Å²) in [4.78, 5) is 9.68. The van der Waals surface area contributed by atoms with Crippen LogP contribution in [-0.2, 0) is 13.1 Å². The fourth-order valence-electron chi connectivity index (χ4n) is 2.93. The highest BCUT2D eigenvalue weighted by atomic mass is 32.1. The molecule has 3 heterocycles. The van der Waals surface area contributed by atoms with Crippen LogP contribution in [0.3, 0.4) is 0 Å². The first kappa shape index (κ1) is 13.8. The van der Waals surface area contributed by atoms with Crippen LogP contribution < -0.4 is 5.73 Å². The third-order valence-electron chi connectivity index (χ3n) is 4.10. The number of rotatable bonds is 4. The highest BCUT2D eigenvalue weighted by Gasteiger charge is 2.30. The van der Waals surface area contributed by atoms with Gasteiger partial charge in [-0.15, -0.1) is 11.3 Å². The van der Waals surface area contributed by atoms with Crippen molar-refractivity contribution in [1.82, 2.24) is 14.5 Å². The van der Waals surface area contributed by atoms with Crippen LogP contribution in [0.25, 0.3) is 0 Å². The van der Waals surface area contributed by atoms with Gasteiger partial charge in [0.1, 0.15) is 5.82 Å². The van der Waals surface area contributed by atoms with E-state index in [4.69, 9.17) is 5.73 Å². The molecule has 2 aromatic rings. The molecule has 0 bridgehead atoms. The van der Waals surface area contributed by atoms with Crippen molar-refractivity contribution in [2.75, 3.05) is 6.54 Å². The predicted molar refractivity (Wildman–Crippen MR) is 82.7 cm³/mol. The fraction of sp³-hybridized carbons (Fsp3) is 0.533. The van der Waals surface area contributed by atoms with E-state index in [1.54, 1.807) is 0 Å². The quantitative estimate of drug-likeness (QED) is 0.941. The van der Waals surface area contributed by atoms with Crippen molar-refractivity contribution in [3.05, 3.63) is 40.1 Å². The van der Waals surface area contributed by atoms with Crippen LogP contribution in [0.4, 0.5) is 0 Å². The van der Waals surface area contributed by atoms with E-state index in [0.29, 0.717) is 6.04 Å². The van der Waals surface area contributed by atoms with Crippen LogP contribution >= 0.6 is 11.3 Å². The second-order valence-corrected chi connectivity index (χ2v) is 6.79. The molecule has 4 nitrogen and oxygen atoms in total. The van der Waals surface area contributed by atoms with E-state index in [-0.39, 0.29) is 6.04 Å². The van der Waals surface area contributed by atoms with E-state index in [9.17, 15) is 0 Å². The molecule has 0 aromatic carbocycles. The van der Waals surface area contributed by atoms with E-state index < -0.39 is 0 Å². The number of aromatic nitrogens is 2. The zero-order valence-electron chi connectivity index (χ0n) is 12.1. The minimum atomic E-state index is 0.176. The molecule has 2 unspecified atom stereocenters. The smallest absolute Gasteiger partial charge is 0.122 e. The van der Waals surface area contributed by atoms with E-state index in [1.807, 2.05) is 17.5 Å². The summed E-state index contributed by atoms with van der Waals surface area (Å²) in [6.07, 6.45) is 4.95. The molecule has 20 heavy (non-hydrogen) atoms. The highest BCUT2D eigenvalue weighted by molar-refractivity contribution is 7.12. The molecule has 2 aromatic heterocycles. The van der Waals surface area contributed by atoms with Gasteiger partial charge in [0.15, 0.2) is 0 Å². The van der Waals surface area contributed by atoms with Crippen LogP contribution in [0.15, 0.2) is 24.5 Å². The maximum Gasteiger partial charge on any atom is 0.122 e. The molecule has 2 N–H and O–H groups in total. The average Bonchev–Trinajstić information content (AvgIpc) is 3.07. The molecule has 5 heteroatoms. The molecular formula is C15H22N4S. The van der Waals surface area contributed by atoms with Gasteiger partial charge in [-0.2, -0.15) is 0 Å². The van der Waals surface area contributed by atoms with Crippen LogP contribution in [0.2, 0.25) is 0 Å². The molecule has 1 aliphatic heterocycles. The Balaban J connectivity index is 1.87. The van der Waals surface area contributed by atoms with Crippen LogP contribution in [-0.4, -0.2) is 27.0 Å². The van der Waals surface area contributed by atoms with Crippen molar-refractivity contribution in [3.8, 4) is 0 Å². The Kier molecular flexibility index (Phi) is 3.92. The van der Waals surface area contributed by atoms with Crippen molar-refractivity contribution in [2.24, 2.45) is 5.73 Å². The largest absolute Gasteiger partial charge is 0.333 e. The third-order valence-corrected chi connectivity index (χ3v) is 5.17. The molecule has 2 atom stereocenters. The first-order chi connectivity index (χ1) is 9.69. The molecule has 0 amide bonds. The van der Waals surface area contributed by atoms with Crippen LogP contribution in [0.1, 0.15) is 35.0 Å². The van der Waals surface area contributed by atoms with Gasteiger partial charge in [0, 0.05) is 41.3 Å². The minimum absolute atomic E-state index is 0.176. The van der Waals surface area contributed by atoms with Crippen molar-refractivity contribution < 1.29 is 0 Å². The summed E-state index contributed by atoms with van der Waals surface area (Å²) in [6.45, 7) is 7.27. The van der Waals surface area contributed by atoms with Crippen molar-refractivity contribution >= 4 is 11.3 Å². The lowest BCUT2D eigenvalue weighted by atomic mass is 10.0. The number of aryl methyl sites for hydroxylation is 1. The van der Waals surface area contributed by atoms with Gasteiger partial charge in [-0.05, 0) is 25.5 Å². The first-order valence-corrected chi connectivity index (χ1v) is 8.06. The topological polar surface area (TPSA) is 47.1 Å². The summed E-state index contributed by atoms with van der Waals surface area (Å²) in [5.41, 5.74) is 6.42. The Bertz CT molecular complexity index is 574. The maximum atomic E-state index is 6.42. The lowest BCUT2D eigenvalue weighted by Gasteiger charge is -2.37. The third kappa shape index (κ3) is 2.53. The highest BCUT2D eigenvalue weighted by Crippen LogP contribution is 2.32. The number of nitrogens with two attached hydrogens (primary N) is 1. The molecule has 0 saturated carbocycles. The number of fused-ring (bicyclic) bond motifs is 1. The van der Waals surface area contributed by atoms with E-state index in [1.165, 1.54) is 9.75 Å². The fourth-order valence-corrected chi connectivity index (χ4v) is 4.02. The Morgan fingerprint density at radius 1 is 1.40 bits per heavy atom. The number of imidazole rings is 1. The number of thiophene rings is 1.